The first kappa shape index (κ1) is 17.6. The molecule has 0 unspecified atom stereocenters. The van der Waals surface area contributed by atoms with Crippen molar-refractivity contribution < 1.29 is 23.5 Å². The van der Waals surface area contributed by atoms with Crippen molar-refractivity contribution in [3.8, 4) is 0 Å². The molecule has 2 amide bonds. The maximum atomic E-state index is 13.1. The van der Waals surface area contributed by atoms with Gasteiger partial charge >= 0.3 is 5.97 Å². The van der Waals surface area contributed by atoms with Gasteiger partial charge in [0.2, 0.25) is 0 Å². The van der Waals surface area contributed by atoms with E-state index < -0.39 is 30.2 Å². The summed E-state index contributed by atoms with van der Waals surface area (Å²) in [5, 5.41) is 0. The number of carbonyl (C=O) groups is 3. The Kier molecular flexibility index (Phi) is 6.02. The molecule has 0 aromatic heterocycles. The van der Waals surface area contributed by atoms with Gasteiger partial charge in [0, 0.05) is 10.0 Å². The van der Waals surface area contributed by atoms with Crippen LogP contribution in [0.3, 0.4) is 0 Å². The van der Waals surface area contributed by atoms with E-state index in [1.165, 1.54) is 12.1 Å². The molecule has 6 nitrogen and oxygen atoms in total. The number of benzene rings is 2. The van der Waals surface area contributed by atoms with Crippen LogP contribution in [0.15, 0.2) is 53.0 Å². The van der Waals surface area contributed by atoms with Gasteiger partial charge in [0.25, 0.3) is 11.8 Å². The van der Waals surface area contributed by atoms with Crippen molar-refractivity contribution in [1.29, 1.82) is 0 Å². The first-order chi connectivity index (χ1) is 11.5. The Morgan fingerprint density at radius 1 is 1.04 bits per heavy atom. The summed E-state index contributed by atoms with van der Waals surface area (Å²) in [6, 6.07) is 11.8. The number of ether oxygens (including phenoxy) is 1. The second kappa shape index (κ2) is 8.21. The molecule has 0 aliphatic carbocycles. The highest BCUT2D eigenvalue weighted by Gasteiger charge is 2.15. The summed E-state index contributed by atoms with van der Waals surface area (Å²) in [5.74, 6) is -2.72. The fourth-order valence-corrected chi connectivity index (χ4v) is 2.10. The minimum absolute atomic E-state index is 0.0453. The van der Waals surface area contributed by atoms with Crippen LogP contribution < -0.4 is 10.9 Å². The Morgan fingerprint density at radius 2 is 1.75 bits per heavy atom. The Balaban J connectivity index is 1.82. The molecule has 0 saturated carbocycles. The molecule has 0 fully saturated rings. The van der Waals surface area contributed by atoms with Gasteiger partial charge in [0.05, 0.1) is 5.56 Å². The van der Waals surface area contributed by atoms with Crippen LogP contribution in [0.1, 0.15) is 20.7 Å². The average Bonchev–Trinajstić information content (AvgIpc) is 2.60. The number of amides is 2. The number of rotatable bonds is 4. The summed E-state index contributed by atoms with van der Waals surface area (Å²) in [7, 11) is 0. The third-order valence-electron chi connectivity index (χ3n) is 2.83. The third kappa shape index (κ3) is 4.88. The van der Waals surface area contributed by atoms with E-state index >= 15 is 0 Å². The lowest BCUT2D eigenvalue weighted by molar-refractivity contribution is -0.125. The van der Waals surface area contributed by atoms with Crippen LogP contribution in [0.2, 0.25) is 0 Å². The summed E-state index contributed by atoms with van der Waals surface area (Å²) >= 11 is 3.09. The standard InChI is InChI=1S/C16H12BrFN2O4/c17-13-7-6-11(18)8-12(13)16(23)24-9-14(21)19-20-15(22)10-4-2-1-3-5-10/h1-8H,9H2,(H,19,21)(H,20,22). The number of hydrazine groups is 1. The minimum atomic E-state index is -0.870. The van der Waals surface area contributed by atoms with E-state index in [1.54, 1.807) is 30.3 Å². The van der Waals surface area contributed by atoms with Crippen molar-refractivity contribution >= 4 is 33.7 Å². The van der Waals surface area contributed by atoms with Crippen molar-refractivity contribution in [3.05, 3.63) is 69.9 Å². The van der Waals surface area contributed by atoms with Gasteiger partial charge < -0.3 is 4.74 Å². The van der Waals surface area contributed by atoms with Crippen LogP contribution in [0.25, 0.3) is 0 Å². The van der Waals surface area contributed by atoms with E-state index in [0.29, 0.717) is 10.0 Å². The number of esters is 1. The van der Waals surface area contributed by atoms with Gasteiger partial charge in [-0.3, -0.25) is 20.4 Å². The normalized spacial score (nSPS) is 9.92. The van der Waals surface area contributed by atoms with Crippen LogP contribution in [-0.2, 0) is 9.53 Å². The van der Waals surface area contributed by atoms with Crippen LogP contribution >= 0.6 is 15.9 Å². The molecule has 2 rings (SSSR count). The predicted molar refractivity (Wildman–Crippen MR) is 86.4 cm³/mol. The van der Waals surface area contributed by atoms with Crippen LogP contribution in [0.4, 0.5) is 4.39 Å². The third-order valence-corrected chi connectivity index (χ3v) is 3.53. The van der Waals surface area contributed by atoms with Gasteiger partial charge in [-0.05, 0) is 46.3 Å². The lowest BCUT2D eigenvalue weighted by Gasteiger charge is -2.09. The van der Waals surface area contributed by atoms with Gasteiger partial charge in [-0.1, -0.05) is 18.2 Å². The molecule has 0 radical (unpaired) electrons. The van der Waals surface area contributed by atoms with Gasteiger partial charge in [0.15, 0.2) is 6.61 Å². The van der Waals surface area contributed by atoms with E-state index in [4.69, 9.17) is 4.74 Å². The lowest BCUT2D eigenvalue weighted by atomic mass is 10.2. The zero-order valence-electron chi connectivity index (χ0n) is 12.2. The predicted octanol–water partition coefficient (Wildman–Crippen LogP) is 2.21. The number of nitrogens with one attached hydrogen (secondary N) is 2. The maximum Gasteiger partial charge on any atom is 0.339 e. The second-order valence-electron chi connectivity index (χ2n) is 4.57. The van der Waals surface area contributed by atoms with Crippen molar-refractivity contribution in [3.63, 3.8) is 0 Å². The first-order valence-corrected chi connectivity index (χ1v) is 7.53. The van der Waals surface area contributed by atoms with E-state index in [1.807, 2.05) is 0 Å². The molecule has 0 bridgehead atoms. The molecule has 2 N–H and O–H groups in total. The monoisotopic (exact) mass is 394 g/mol. The van der Waals surface area contributed by atoms with Gasteiger partial charge in [0.1, 0.15) is 5.82 Å². The molecule has 0 aliphatic rings. The number of hydrogen-bond acceptors (Lipinski definition) is 4. The van der Waals surface area contributed by atoms with Crippen LogP contribution in [0.5, 0.6) is 0 Å². The minimum Gasteiger partial charge on any atom is -0.452 e. The summed E-state index contributed by atoms with van der Waals surface area (Å²) in [5.41, 5.74) is 4.61. The lowest BCUT2D eigenvalue weighted by Crippen LogP contribution is -2.43. The topological polar surface area (TPSA) is 84.5 Å². The molecule has 0 heterocycles. The van der Waals surface area contributed by atoms with Crippen molar-refractivity contribution in [2.75, 3.05) is 6.61 Å². The smallest absolute Gasteiger partial charge is 0.339 e. The highest BCUT2D eigenvalue weighted by atomic mass is 79.9. The van der Waals surface area contributed by atoms with Crippen LogP contribution in [-0.4, -0.2) is 24.4 Å². The van der Waals surface area contributed by atoms with E-state index in [9.17, 15) is 18.8 Å². The van der Waals surface area contributed by atoms with Crippen LogP contribution in [0, 0.1) is 5.82 Å². The van der Waals surface area contributed by atoms with E-state index in [2.05, 4.69) is 26.8 Å². The van der Waals surface area contributed by atoms with Gasteiger partial charge in [-0.2, -0.15) is 0 Å². The van der Waals surface area contributed by atoms with Crippen molar-refractivity contribution in [2.45, 2.75) is 0 Å². The fourth-order valence-electron chi connectivity index (χ4n) is 1.69. The fraction of sp³-hybridized carbons (Fsp3) is 0.0625. The molecule has 0 aliphatic heterocycles. The number of hydrogen-bond donors (Lipinski definition) is 2. The molecule has 2 aromatic carbocycles. The summed E-state index contributed by atoms with van der Waals surface area (Å²) in [4.78, 5) is 35.1. The summed E-state index contributed by atoms with van der Waals surface area (Å²) in [6.07, 6.45) is 0. The van der Waals surface area contributed by atoms with Gasteiger partial charge in [-0.25, -0.2) is 9.18 Å². The summed E-state index contributed by atoms with van der Waals surface area (Å²) < 4.78 is 18.2. The molecule has 0 spiro atoms. The van der Waals surface area contributed by atoms with Crippen molar-refractivity contribution in [1.82, 2.24) is 10.9 Å². The molecular formula is C16H12BrFN2O4. The largest absolute Gasteiger partial charge is 0.452 e. The average molecular weight is 395 g/mol. The van der Waals surface area contributed by atoms with E-state index in [0.717, 1.165) is 6.07 Å². The number of halogens is 2. The SMILES string of the molecule is O=C(COC(=O)c1cc(F)ccc1Br)NNC(=O)c1ccccc1. The van der Waals surface area contributed by atoms with Gasteiger partial charge in [-0.15, -0.1) is 0 Å². The Morgan fingerprint density at radius 3 is 2.46 bits per heavy atom. The molecule has 0 atom stereocenters. The quantitative estimate of drug-likeness (QED) is 0.614. The number of carbonyl (C=O) groups excluding carboxylic acids is 3. The molecule has 24 heavy (non-hydrogen) atoms. The maximum absolute atomic E-state index is 13.1. The highest BCUT2D eigenvalue weighted by Crippen LogP contribution is 2.18. The Bertz CT molecular complexity index is 768. The Labute approximate surface area is 145 Å². The highest BCUT2D eigenvalue weighted by molar-refractivity contribution is 9.10. The zero-order chi connectivity index (χ0) is 17.5. The molecule has 8 heteroatoms. The van der Waals surface area contributed by atoms with E-state index in [-0.39, 0.29) is 5.56 Å². The molecule has 124 valence electrons. The van der Waals surface area contributed by atoms with Crippen molar-refractivity contribution in [2.24, 2.45) is 0 Å². The second-order valence-corrected chi connectivity index (χ2v) is 5.42. The molecule has 2 aromatic rings. The first-order valence-electron chi connectivity index (χ1n) is 6.74. The molecular weight excluding hydrogens is 383 g/mol. The molecule has 0 saturated heterocycles. The summed E-state index contributed by atoms with van der Waals surface area (Å²) in [6.45, 7) is -0.628. The zero-order valence-corrected chi connectivity index (χ0v) is 13.8. The Hall–Kier alpha value is -2.74.